The molecular formula is C48H60NNaO3Si. The van der Waals surface area contributed by atoms with Crippen molar-refractivity contribution < 1.29 is 43.8 Å². The molecule has 0 radical (unpaired) electrons. The Morgan fingerprint density at radius 1 is 0.444 bits per heavy atom. The molecule has 6 heteroatoms. The molecule has 4 nitrogen and oxygen atoms in total. The molecule has 8 rings (SSSR count). The summed E-state index contributed by atoms with van der Waals surface area (Å²) in [6.45, 7) is 15.2. The number of hydrogen-bond donors (Lipinski definition) is 0. The fraction of sp³-hybridized carbons (Fsp3) is 0.375. The first-order chi connectivity index (χ1) is 25.9. The van der Waals surface area contributed by atoms with E-state index in [1.165, 1.54) is 77.5 Å². The molecule has 3 aliphatic heterocycles. The fourth-order valence-electron chi connectivity index (χ4n) is 6.96. The number of hydrogen-bond acceptors (Lipinski definition) is 3. The molecule has 0 aromatic heterocycles. The van der Waals surface area contributed by atoms with Crippen LogP contribution >= 0.6 is 0 Å². The minimum Gasteiger partial charge on any atom is -0.687 e. The smallest absolute Gasteiger partial charge is 0.687 e. The molecule has 3 aliphatic rings. The molecule has 0 spiro atoms. The quantitative estimate of drug-likeness (QED) is 0.117. The van der Waals surface area contributed by atoms with Crippen molar-refractivity contribution in [2.45, 2.75) is 76.9 Å². The Hall–Kier alpha value is -3.00. The third-order valence-electron chi connectivity index (χ3n) is 9.40. The Bertz CT molecular complexity index is 1490. The molecule has 0 saturated carbocycles. The van der Waals surface area contributed by atoms with Gasteiger partial charge in [0.05, 0.1) is 0 Å². The van der Waals surface area contributed by atoms with Crippen molar-refractivity contribution in [3.63, 3.8) is 0 Å². The van der Waals surface area contributed by atoms with Crippen LogP contribution in [0.15, 0.2) is 133 Å². The molecule has 5 aromatic rings. The molecule has 280 valence electrons. The van der Waals surface area contributed by atoms with Gasteiger partial charge in [0.25, 0.3) is 0 Å². The number of rotatable bonds is 8. The van der Waals surface area contributed by atoms with E-state index in [-0.39, 0.29) is 41.4 Å². The predicted molar refractivity (Wildman–Crippen MR) is 225 cm³/mol. The van der Waals surface area contributed by atoms with Gasteiger partial charge in [0, 0.05) is 51.5 Å². The molecule has 0 N–H and O–H groups in total. The third kappa shape index (κ3) is 14.3. The van der Waals surface area contributed by atoms with E-state index in [0.29, 0.717) is 0 Å². The van der Waals surface area contributed by atoms with E-state index >= 15 is 0 Å². The minimum absolute atomic E-state index is 0. The Balaban J connectivity index is 0.000000334. The zero-order valence-corrected chi connectivity index (χ0v) is 36.5. The van der Waals surface area contributed by atoms with Crippen molar-refractivity contribution in [1.29, 1.82) is 0 Å². The van der Waals surface area contributed by atoms with Crippen LogP contribution in [0.25, 0.3) is 4.98 Å². The second kappa shape index (κ2) is 23.8. The van der Waals surface area contributed by atoms with Crippen LogP contribution in [0.2, 0.25) is 19.6 Å². The van der Waals surface area contributed by atoms with Gasteiger partial charge in [0.2, 0.25) is 0 Å². The Morgan fingerprint density at radius 2 is 0.704 bits per heavy atom. The van der Waals surface area contributed by atoms with Crippen LogP contribution < -0.4 is 29.6 Å². The van der Waals surface area contributed by atoms with Gasteiger partial charge in [-0.05, 0) is 75.9 Å². The van der Waals surface area contributed by atoms with Gasteiger partial charge in [-0.2, -0.15) is 0 Å². The zero-order chi connectivity index (χ0) is 37.1. The van der Waals surface area contributed by atoms with Crippen LogP contribution in [-0.2, 0) is 14.2 Å². The average Bonchev–Trinajstić information content (AvgIpc) is 4.03. The summed E-state index contributed by atoms with van der Waals surface area (Å²) in [5.74, 6) is 0.191. The molecule has 3 heterocycles. The zero-order valence-electron chi connectivity index (χ0n) is 33.5. The first kappa shape index (κ1) is 43.7. The summed E-state index contributed by atoms with van der Waals surface area (Å²) in [4.78, 5) is 5.62. The van der Waals surface area contributed by atoms with Crippen LogP contribution in [0.3, 0.4) is 0 Å². The van der Waals surface area contributed by atoms with E-state index in [2.05, 4.69) is 160 Å². The maximum absolute atomic E-state index is 5.62. The summed E-state index contributed by atoms with van der Waals surface area (Å²) < 4.78 is 14.8. The molecule has 3 saturated heterocycles. The maximum atomic E-state index is 5.62. The standard InChI is InChI=1S/C36H36NSi.3C4H8O.Na/c1-27-25-32(34(28-17-9-5-10-18-28)29-19-11-6-12-20-29)36(37-38(2,3)4)33(26-27)35(30-21-13-7-14-22-30)31-23-15-8-16-24-31;3*1-2-4-5-3-1;/h5-26,34-35H,1-4H3;3*1-4H2;/q-1;;;;+1. The number of ether oxygens (including phenoxy) is 3. The molecule has 0 aliphatic carbocycles. The molecule has 0 atom stereocenters. The van der Waals surface area contributed by atoms with Gasteiger partial charge in [-0.15, -0.1) is 5.69 Å². The Labute approximate surface area is 349 Å². The minimum atomic E-state index is -1.85. The number of nitrogens with zero attached hydrogens (tertiary/aromatic N) is 1. The van der Waals surface area contributed by atoms with Gasteiger partial charge in [-0.25, -0.2) is 0 Å². The van der Waals surface area contributed by atoms with Crippen LogP contribution in [0.4, 0.5) is 5.69 Å². The van der Waals surface area contributed by atoms with Crippen LogP contribution in [-0.4, -0.2) is 47.9 Å². The molecule has 0 amide bonds. The first-order valence-corrected chi connectivity index (χ1v) is 23.2. The van der Waals surface area contributed by atoms with Crippen molar-refractivity contribution in [3.05, 3.63) is 177 Å². The van der Waals surface area contributed by atoms with Crippen molar-refractivity contribution in [2.24, 2.45) is 0 Å². The second-order valence-electron chi connectivity index (χ2n) is 15.0. The molecule has 5 aromatic carbocycles. The summed E-state index contributed by atoms with van der Waals surface area (Å²) in [7, 11) is -1.85. The molecular weight excluding hydrogens is 690 g/mol. The van der Waals surface area contributed by atoms with E-state index in [1.807, 2.05) is 0 Å². The van der Waals surface area contributed by atoms with Gasteiger partial charge >= 0.3 is 29.6 Å². The summed E-state index contributed by atoms with van der Waals surface area (Å²) in [5, 5.41) is 0. The largest absolute Gasteiger partial charge is 1.00 e. The van der Waals surface area contributed by atoms with E-state index < -0.39 is 8.24 Å². The van der Waals surface area contributed by atoms with Crippen molar-refractivity contribution in [2.75, 3.05) is 39.6 Å². The number of aryl methyl sites for hydroxylation is 1. The molecule has 0 bridgehead atoms. The van der Waals surface area contributed by atoms with E-state index in [9.17, 15) is 0 Å². The molecule has 0 unspecified atom stereocenters. The van der Waals surface area contributed by atoms with Crippen molar-refractivity contribution in [1.82, 2.24) is 0 Å². The third-order valence-corrected chi connectivity index (χ3v) is 10.3. The van der Waals surface area contributed by atoms with Gasteiger partial charge in [-0.1, -0.05) is 170 Å². The van der Waals surface area contributed by atoms with E-state index in [4.69, 9.17) is 19.2 Å². The van der Waals surface area contributed by atoms with Gasteiger partial charge in [0.15, 0.2) is 0 Å². The molecule has 3 fully saturated rings. The average molecular weight is 750 g/mol. The fourth-order valence-corrected chi connectivity index (χ4v) is 7.89. The summed E-state index contributed by atoms with van der Waals surface area (Å²) in [6, 6.07) is 48.4. The van der Waals surface area contributed by atoms with Crippen molar-refractivity contribution in [3.8, 4) is 0 Å². The maximum Gasteiger partial charge on any atom is 1.00 e. The van der Waals surface area contributed by atoms with E-state index in [0.717, 1.165) is 45.3 Å². The van der Waals surface area contributed by atoms with Crippen LogP contribution in [0, 0.1) is 6.92 Å². The Kier molecular flexibility index (Phi) is 19.3. The SMILES string of the molecule is C1CCOC1.C1CCOC1.C1CCOC1.Cc1cc(C(c2ccccc2)c2ccccc2)c([N-][Si](C)(C)C)c(C(c2ccccc2)c2ccccc2)c1.[Na+]. The van der Waals surface area contributed by atoms with Crippen LogP contribution in [0.5, 0.6) is 0 Å². The summed E-state index contributed by atoms with van der Waals surface area (Å²) >= 11 is 0. The molecule has 54 heavy (non-hydrogen) atoms. The van der Waals surface area contributed by atoms with Crippen molar-refractivity contribution >= 4 is 13.9 Å². The number of benzene rings is 5. The Morgan fingerprint density at radius 3 is 0.907 bits per heavy atom. The summed E-state index contributed by atoms with van der Waals surface area (Å²) in [6.07, 6.45) is 7.67. The van der Waals surface area contributed by atoms with Gasteiger partial charge in [0.1, 0.15) is 0 Å². The van der Waals surface area contributed by atoms with Gasteiger partial charge in [-0.3, -0.25) is 0 Å². The predicted octanol–water partition coefficient (Wildman–Crippen LogP) is 9.59. The van der Waals surface area contributed by atoms with E-state index in [1.54, 1.807) is 0 Å². The first-order valence-electron chi connectivity index (χ1n) is 19.7. The monoisotopic (exact) mass is 749 g/mol. The normalized spacial score (nSPS) is 14.9. The van der Waals surface area contributed by atoms with Gasteiger partial charge < -0.3 is 19.2 Å². The topological polar surface area (TPSA) is 41.8 Å². The summed E-state index contributed by atoms with van der Waals surface area (Å²) in [5.41, 5.74) is 10.2. The second-order valence-corrected chi connectivity index (χ2v) is 19.6. The van der Waals surface area contributed by atoms with Crippen LogP contribution in [0.1, 0.15) is 89.3 Å².